The summed E-state index contributed by atoms with van der Waals surface area (Å²) in [6, 6.07) is 14.1. The lowest BCUT2D eigenvalue weighted by Crippen LogP contribution is -2.01. The van der Waals surface area contributed by atoms with Gasteiger partial charge in [0.25, 0.3) is 0 Å². The number of ether oxygens (including phenoxy) is 1. The maximum Gasteiger partial charge on any atom is 0.224 e. The first-order valence-corrected chi connectivity index (χ1v) is 7.43. The summed E-state index contributed by atoms with van der Waals surface area (Å²) in [4.78, 5) is 24.2. The van der Waals surface area contributed by atoms with Crippen LogP contribution in [0.25, 0.3) is 5.76 Å². The van der Waals surface area contributed by atoms with Crippen molar-refractivity contribution < 1.29 is 14.3 Å². The van der Waals surface area contributed by atoms with E-state index in [0.717, 1.165) is 11.1 Å². The Bertz CT molecular complexity index is 828. The molecule has 2 aromatic carbocycles. The van der Waals surface area contributed by atoms with E-state index in [1.165, 1.54) is 12.2 Å². The van der Waals surface area contributed by atoms with Crippen molar-refractivity contribution in [3.8, 4) is 0 Å². The van der Waals surface area contributed by atoms with Crippen LogP contribution in [-0.2, 0) is 9.53 Å². The normalized spacial score (nSPS) is 15.5. The molecular formula is C19H13ClO3. The van der Waals surface area contributed by atoms with Gasteiger partial charge in [-0.2, -0.15) is 0 Å². The van der Waals surface area contributed by atoms with E-state index in [4.69, 9.17) is 16.3 Å². The van der Waals surface area contributed by atoms with E-state index in [1.807, 2.05) is 31.2 Å². The van der Waals surface area contributed by atoms with Gasteiger partial charge in [-0.15, -0.1) is 0 Å². The molecule has 0 aromatic heterocycles. The molecule has 23 heavy (non-hydrogen) atoms. The van der Waals surface area contributed by atoms with Crippen molar-refractivity contribution in [1.82, 2.24) is 0 Å². The molecule has 0 fully saturated rings. The molecular weight excluding hydrogens is 312 g/mol. The Morgan fingerprint density at radius 1 is 1.04 bits per heavy atom. The first kappa shape index (κ1) is 15.3. The largest absolute Gasteiger partial charge is 0.452 e. The molecule has 0 bridgehead atoms. The smallest absolute Gasteiger partial charge is 0.224 e. The molecule has 1 aliphatic rings. The van der Waals surface area contributed by atoms with Crippen LogP contribution in [0.5, 0.6) is 0 Å². The summed E-state index contributed by atoms with van der Waals surface area (Å²) in [5.74, 6) is -0.142. The average molecular weight is 325 g/mol. The monoisotopic (exact) mass is 324 g/mol. The van der Waals surface area contributed by atoms with Gasteiger partial charge in [0.15, 0.2) is 11.5 Å². The zero-order chi connectivity index (χ0) is 16.4. The van der Waals surface area contributed by atoms with Crippen LogP contribution in [0.4, 0.5) is 0 Å². The molecule has 0 radical (unpaired) electrons. The first-order valence-electron chi connectivity index (χ1n) is 7.05. The van der Waals surface area contributed by atoms with E-state index < -0.39 is 0 Å². The maximum atomic E-state index is 12.2. The van der Waals surface area contributed by atoms with E-state index in [-0.39, 0.29) is 17.3 Å². The number of hydrogen-bond acceptors (Lipinski definition) is 3. The molecule has 0 spiro atoms. The van der Waals surface area contributed by atoms with Crippen LogP contribution in [-0.4, -0.2) is 11.6 Å². The quantitative estimate of drug-likeness (QED) is 0.622. The van der Waals surface area contributed by atoms with Crippen LogP contribution in [0.3, 0.4) is 0 Å². The third-order valence-corrected chi connectivity index (χ3v) is 3.70. The first-order chi connectivity index (χ1) is 11.0. The fourth-order valence-electron chi connectivity index (χ4n) is 2.17. The molecule has 3 rings (SSSR count). The summed E-state index contributed by atoms with van der Waals surface area (Å²) < 4.78 is 5.54. The second-order valence-corrected chi connectivity index (χ2v) is 5.66. The zero-order valence-electron chi connectivity index (χ0n) is 12.4. The zero-order valence-corrected chi connectivity index (χ0v) is 13.1. The second-order valence-electron chi connectivity index (χ2n) is 5.22. The molecule has 0 aliphatic carbocycles. The van der Waals surface area contributed by atoms with Gasteiger partial charge in [-0.25, -0.2) is 0 Å². The van der Waals surface area contributed by atoms with Crippen molar-refractivity contribution in [2.45, 2.75) is 6.92 Å². The van der Waals surface area contributed by atoms with Gasteiger partial charge in [0.05, 0.1) is 0 Å². The van der Waals surface area contributed by atoms with Crippen LogP contribution < -0.4 is 0 Å². The number of rotatable bonds is 3. The molecule has 0 amide bonds. The number of hydrogen-bond donors (Lipinski definition) is 0. The SMILES string of the molecule is Cc1ccc(C2=CC(=O)/C(=C\C(=O)c3ccc(Cl)cc3)O2)cc1. The van der Waals surface area contributed by atoms with Gasteiger partial charge in [0.2, 0.25) is 5.78 Å². The van der Waals surface area contributed by atoms with Crippen LogP contribution >= 0.6 is 11.6 Å². The van der Waals surface area contributed by atoms with E-state index in [9.17, 15) is 9.59 Å². The predicted octanol–water partition coefficient (Wildman–Crippen LogP) is 4.36. The molecule has 2 aromatic rings. The van der Waals surface area contributed by atoms with Crippen LogP contribution in [0.15, 0.2) is 66.4 Å². The number of halogens is 1. The van der Waals surface area contributed by atoms with Crippen molar-refractivity contribution in [1.29, 1.82) is 0 Å². The molecule has 0 N–H and O–H groups in total. The highest BCUT2D eigenvalue weighted by atomic mass is 35.5. The van der Waals surface area contributed by atoms with Gasteiger partial charge in [0.1, 0.15) is 5.76 Å². The molecule has 0 atom stereocenters. The van der Waals surface area contributed by atoms with Crippen molar-refractivity contribution in [3.63, 3.8) is 0 Å². The Labute approximate surface area is 138 Å². The predicted molar refractivity (Wildman–Crippen MR) is 89.1 cm³/mol. The number of carbonyl (C=O) groups excluding carboxylic acids is 2. The molecule has 0 saturated heterocycles. The Morgan fingerprint density at radius 3 is 2.35 bits per heavy atom. The fourth-order valence-corrected chi connectivity index (χ4v) is 2.29. The van der Waals surface area contributed by atoms with E-state index >= 15 is 0 Å². The number of carbonyl (C=O) groups is 2. The molecule has 4 heteroatoms. The Morgan fingerprint density at radius 2 is 1.70 bits per heavy atom. The average Bonchev–Trinajstić information content (AvgIpc) is 2.89. The summed E-state index contributed by atoms with van der Waals surface area (Å²) in [7, 11) is 0. The number of aryl methyl sites for hydroxylation is 1. The summed E-state index contributed by atoms with van der Waals surface area (Å²) in [6.07, 6.45) is 2.61. The lowest BCUT2D eigenvalue weighted by atomic mass is 10.1. The van der Waals surface area contributed by atoms with Gasteiger partial charge in [0, 0.05) is 28.3 Å². The summed E-state index contributed by atoms with van der Waals surface area (Å²) in [5, 5.41) is 0.547. The van der Waals surface area contributed by atoms with Gasteiger partial charge in [-0.1, -0.05) is 41.4 Å². The molecule has 3 nitrogen and oxygen atoms in total. The third kappa shape index (κ3) is 3.41. The van der Waals surface area contributed by atoms with Crippen LogP contribution in [0.2, 0.25) is 5.02 Å². The van der Waals surface area contributed by atoms with Gasteiger partial charge < -0.3 is 4.74 Å². The molecule has 114 valence electrons. The van der Waals surface area contributed by atoms with E-state index in [1.54, 1.807) is 24.3 Å². The minimum atomic E-state index is -0.317. The standard InChI is InChI=1S/C19H13ClO3/c1-12-2-4-14(5-3-12)18-11-17(22)19(23-18)10-16(21)13-6-8-15(20)9-7-13/h2-11H,1H3/b19-10+. The van der Waals surface area contributed by atoms with Crippen molar-refractivity contribution in [3.05, 3.63) is 88.2 Å². The molecule has 1 aliphatic heterocycles. The Hall–Kier alpha value is -2.65. The van der Waals surface area contributed by atoms with Gasteiger partial charge >= 0.3 is 0 Å². The highest BCUT2D eigenvalue weighted by Crippen LogP contribution is 2.27. The van der Waals surface area contributed by atoms with Gasteiger partial charge in [-0.05, 0) is 31.2 Å². The third-order valence-electron chi connectivity index (χ3n) is 3.45. The maximum absolute atomic E-state index is 12.2. The molecule has 0 unspecified atom stereocenters. The number of allylic oxidation sites excluding steroid dienone is 2. The van der Waals surface area contributed by atoms with Gasteiger partial charge in [-0.3, -0.25) is 9.59 Å². The summed E-state index contributed by atoms with van der Waals surface area (Å²) in [5.41, 5.74) is 2.36. The topological polar surface area (TPSA) is 43.4 Å². The summed E-state index contributed by atoms with van der Waals surface area (Å²) in [6.45, 7) is 1.98. The molecule has 0 saturated carbocycles. The highest BCUT2D eigenvalue weighted by molar-refractivity contribution is 6.30. The Kier molecular flexibility index (Phi) is 4.13. The van der Waals surface area contributed by atoms with E-state index in [0.29, 0.717) is 16.3 Å². The second kappa shape index (κ2) is 6.23. The van der Waals surface area contributed by atoms with Crippen molar-refractivity contribution in [2.24, 2.45) is 0 Å². The van der Waals surface area contributed by atoms with Crippen LogP contribution in [0, 0.1) is 6.92 Å². The number of ketones is 2. The van der Waals surface area contributed by atoms with Crippen LogP contribution in [0.1, 0.15) is 21.5 Å². The summed E-state index contributed by atoms with van der Waals surface area (Å²) >= 11 is 5.79. The Balaban J connectivity index is 1.80. The fraction of sp³-hybridized carbons (Fsp3) is 0.0526. The van der Waals surface area contributed by atoms with Crippen molar-refractivity contribution in [2.75, 3.05) is 0 Å². The lowest BCUT2D eigenvalue weighted by Gasteiger charge is -2.04. The van der Waals surface area contributed by atoms with E-state index in [2.05, 4.69) is 0 Å². The minimum absolute atomic E-state index is 0.0283. The molecule has 1 heterocycles. The number of benzene rings is 2. The lowest BCUT2D eigenvalue weighted by molar-refractivity contribution is -0.112. The minimum Gasteiger partial charge on any atom is -0.452 e. The van der Waals surface area contributed by atoms with Crippen molar-refractivity contribution >= 4 is 28.9 Å². The highest BCUT2D eigenvalue weighted by Gasteiger charge is 2.23.